The normalized spacial score (nSPS) is 38.2. The molecule has 48 heavy (non-hydrogen) atoms. The number of nitrogens with zero attached hydrogens (tertiary/aromatic N) is 1. The van der Waals surface area contributed by atoms with Crippen LogP contribution in [0.4, 0.5) is 0 Å². The summed E-state index contributed by atoms with van der Waals surface area (Å²) in [5.41, 5.74) is 3.22. The van der Waals surface area contributed by atoms with Gasteiger partial charge in [-0.15, -0.1) is 0 Å². The van der Waals surface area contributed by atoms with E-state index < -0.39 is 11.9 Å². The molecule has 0 aromatic heterocycles. The summed E-state index contributed by atoms with van der Waals surface area (Å²) in [6, 6.07) is 7.50. The largest absolute Gasteiger partial charge is 0.481 e. The number of carbonyl (C=O) groups excluding carboxylic acids is 1. The Kier molecular flexibility index (Phi) is 9.22. The lowest BCUT2D eigenvalue weighted by molar-refractivity contribution is -0.222. The quantitative estimate of drug-likeness (QED) is 0.234. The van der Waals surface area contributed by atoms with Gasteiger partial charge in [0.15, 0.2) is 0 Å². The van der Waals surface area contributed by atoms with Crippen molar-refractivity contribution in [1.82, 2.24) is 10.2 Å². The molecule has 7 heteroatoms. The van der Waals surface area contributed by atoms with Gasteiger partial charge in [0.1, 0.15) is 0 Å². The van der Waals surface area contributed by atoms with Crippen molar-refractivity contribution in [2.24, 2.45) is 50.7 Å². The van der Waals surface area contributed by atoms with Crippen molar-refractivity contribution < 1.29 is 24.6 Å². The molecule has 0 radical (unpaired) electrons. The number of carboxylic acid groups (broad SMARTS) is 2. The minimum Gasteiger partial charge on any atom is -0.481 e. The number of carboxylic acids is 2. The number of carbonyl (C=O) groups is 3. The van der Waals surface area contributed by atoms with Crippen molar-refractivity contribution in [3.8, 4) is 0 Å². The van der Waals surface area contributed by atoms with E-state index in [9.17, 15) is 19.5 Å². The lowest BCUT2D eigenvalue weighted by Gasteiger charge is -2.72. The van der Waals surface area contributed by atoms with Crippen LogP contribution in [0.5, 0.6) is 0 Å². The molecule has 0 aliphatic heterocycles. The number of likely N-dealkylation sites (N-methyl/N-ethyl adjacent to an activating group) is 1. The second-order valence-electron chi connectivity index (χ2n) is 17.6. The van der Waals surface area contributed by atoms with Crippen LogP contribution in [-0.2, 0) is 9.59 Å². The van der Waals surface area contributed by atoms with E-state index in [2.05, 4.69) is 50.9 Å². The predicted molar refractivity (Wildman–Crippen MR) is 189 cm³/mol. The van der Waals surface area contributed by atoms with E-state index >= 15 is 0 Å². The Balaban J connectivity index is 1.21. The predicted octanol–water partition coefficient (Wildman–Crippen LogP) is 8.15. The van der Waals surface area contributed by atoms with E-state index in [0.29, 0.717) is 48.9 Å². The Morgan fingerprint density at radius 3 is 2.23 bits per heavy atom. The molecule has 0 saturated heterocycles. The highest BCUT2D eigenvalue weighted by atomic mass is 16.4. The molecule has 0 spiro atoms. The van der Waals surface area contributed by atoms with Crippen LogP contribution in [-0.4, -0.2) is 59.1 Å². The Bertz CT molecular complexity index is 1450. The van der Waals surface area contributed by atoms with Crippen LogP contribution in [0.3, 0.4) is 0 Å². The van der Waals surface area contributed by atoms with Gasteiger partial charge in [-0.05, 0) is 133 Å². The molecule has 4 fully saturated rings. The molecular formula is C41H60N2O5. The molecule has 264 valence electrons. The van der Waals surface area contributed by atoms with Crippen molar-refractivity contribution >= 4 is 23.4 Å². The molecule has 4 saturated carbocycles. The number of nitrogens with one attached hydrogen (secondary N) is 1. The lowest BCUT2D eigenvalue weighted by Crippen LogP contribution is -2.66. The first kappa shape index (κ1) is 35.2. The molecule has 3 N–H and O–H groups in total. The van der Waals surface area contributed by atoms with Gasteiger partial charge in [0.25, 0.3) is 0 Å². The summed E-state index contributed by atoms with van der Waals surface area (Å²) < 4.78 is 0. The number of hydrogen-bond donors (Lipinski definition) is 3. The smallest absolute Gasteiger partial charge is 0.335 e. The van der Waals surface area contributed by atoms with Crippen LogP contribution in [0.1, 0.15) is 128 Å². The van der Waals surface area contributed by atoms with Crippen LogP contribution >= 0.6 is 0 Å². The van der Waals surface area contributed by atoms with Gasteiger partial charge in [-0.1, -0.05) is 66.2 Å². The first-order valence-corrected chi connectivity index (χ1v) is 18.9. The van der Waals surface area contributed by atoms with Gasteiger partial charge in [-0.2, -0.15) is 0 Å². The molecular weight excluding hydrogens is 600 g/mol. The molecule has 5 aliphatic rings. The molecule has 8 atom stereocenters. The summed E-state index contributed by atoms with van der Waals surface area (Å²) in [4.78, 5) is 38.8. The molecule has 1 amide bonds. The second-order valence-corrected chi connectivity index (χ2v) is 17.6. The fraction of sp³-hybridized carbons (Fsp3) is 0.732. The number of hydrogen-bond acceptors (Lipinski definition) is 4. The number of allylic oxidation sites excluding steroid dienone is 2. The van der Waals surface area contributed by atoms with Crippen LogP contribution in [0.15, 0.2) is 30.3 Å². The summed E-state index contributed by atoms with van der Waals surface area (Å²) in [6.07, 6.45) is 14.0. The van der Waals surface area contributed by atoms with Crippen LogP contribution < -0.4 is 5.32 Å². The molecule has 5 aliphatic carbocycles. The zero-order valence-electron chi connectivity index (χ0n) is 30.4. The van der Waals surface area contributed by atoms with E-state index in [0.717, 1.165) is 50.6 Å². The highest BCUT2D eigenvalue weighted by Gasteiger charge is 2.70. The number of fused-ring (bicyclic) bond motifs is 7. The van der Waals surface area contributed by atoms with Gasteiger partial charge >= 0.3 is 11.9 Å². The first-order valence-electron chi connectivity index (χ1n) is 18.9. The van der Waals surface area contributed by atoms with E-state index in [1.54, 1.807) is 12.1 Å². The summed E-state index contributed by atoms with van der Waals surface area (Å²) in [5, 5.41) is 21.9. The average molecular weight is 661 g/mol. The maximum Gasteiger partial charge on any atom is 0.335 e. The topological polar surface area (TPSA) is 107 Å². The Hall–Kier alpha value is -2.67. The number of amides is 1. The van der Waals surface area contributed by atoms with Crippen molar-refractivity contribution in [2.75, 3.05) is 26.2 Å². The zero-order valence-corrected chi connectivity index (χ0v) is 30.4. The minimum absolute atomic E-state index is 0.0108. The van der Waals surface area contributed by atoms with Gasteiger partial charge < -0.3 is 20.4 Å². The Labute approximate surface area is 288 Å². The SMILES string of the molecule is CCN(CCNC(=O)C12CCCC1C1CCC3C4(C)CC=C(c5ccc(C(=O)O)cc5)C(C)(C)C4CCC3(C)[C@]1(C)CC2)CCC(=O)O. The van der Waals surface area contributed by atoms with Crippen LogP contribution in [0, 0.1) is 50.7 Å². The summed E-state index contributed by atoms with van der Waals surface area (Å²) in [5.74, 6) is 0.793. The summed E-state index contributed by atoms with van der Waals surface area (Å²) >= 11 is 0. The fourth-order valence-electron chi connectivity index (χ4n) is 13.0. The standard InChI is InChI=1S/C41H60N2O5/c1-7-43(25-18-34(44)45)26-24-42-36(48)41-19-8-9-31(41)30-14-15-33-38(4)20-16-29(27-10-12-28(13-11-27)35(46)47)37(2,3)32(38)17-21-40(33,6)39(30,5)22-23-41/h10-13,16,30-33H,7-9,14-15,17-26H2,1-6H3,(H,42,48)(H,44,45)(H,46,47)/t30?,31?,32?,33?,38?,39-,40?,41?/m1/s1. The van der Waals surface area contributed by atoms with E-state index in [1.807, 2.05) is 19.1 Å². The van der Waals surface area contributed by atoms with Crippen LogP contribution in [0.2, 0.25) is 0 Å². The van der Waals surface area contributed by atoms with Crippen molar-refractivity contribution in [1.29, 1.82) is 0 Å². The molecule has 1 aromatic rings. The highest BCUT2D eigenvalue weighted by molar-refractivity contribution is 5.88. The fourth-order valence-corrected chi connectivity index (χ4v) is 13.0. The molecule has 0 bridgehead atoms. The third kappa shape index (κ3) is 5.36. The molecule has 0 heterocycles. The Morgan fingerprint density at radius 2 is 1.56 bits per heavy atom. The van der Waals surface area contributed by atoms with Crippen molar-refractivity contribution in [2.45, 2.75) is 112 Å². The number of aromatic carboxylic acids is 1. The highest BCUT2D eigenvalue weighted by Crippen LogP contribution is 2.77. The van der Waals surface area contributed by atoms with Gasteiger partial charge in [-0.3, -0.25) is 9.59 Å². The van der Waals surface area contributed by atoms with E-state index in [4.69, 9.17) is 5.11 Å². The van der Waals surface area contributed by atoms with Crippen LogP contribution in [0.25, 0.3) is 5.57 Å². The van der Waals surface area contributed by atoms with E-state index in [1.165, 1.54) is 31.3 Å². The van der Waals surface area contributed by atoms with Crippen molar-refractivity contribution in [3.05, 3.63) is 41.5 Å². The minimum atomic E-state index is -0.881. The molecule has 7 nitrogen and oxygen atoms in total. The number of rotatable bonds is 10. The third-order valence-electron chi connectivity index (χ3n) is 15.6. The maximum absolute atomic E-state index is 14.1. The molecule has 7 unspecified atom stereocenters. The van der Waals surface area contributed by atoms with E-state index in [-0.39, 0.29) is 39.4 Å². The van der Waals surface area contributed by atoms with Gasteiger partial charge in [-0.25, -0.2) is 4.79 Å². The zero-order chi connectivity index (χ0) is 34.7. The molecule has 6 rings (SSSR count). The lowest BCUT2D eigenvalue weighted by atomic mass is 9.32. The second kappa shape index (κ2) is 12.6. The van der Waals surface area contributed by atoms with Crippen molar-refractivity contribution in [3.63, 3.8) is 0 Å². The van der Waals surface area contributed by atoms with Gasteiger partial charge in [0.05, 0.1) is 17.4 Å². The van der Waals surface area contributed by atoms with Gasteiger partial charge in [0, 0.05) is 19.6 Å². The first-order chi connectivity index (χ1) is 22.6. The van der Waals surface area contributed by atoms with Gasteiger partial charge in [0.2, 0.25) is 5.91 Å². The number of benzene rings is 1. The molecule has 1 aromatic carbocycles. The summed E-state index contributed by atoms with van der Waals surface area (Å²) in [7, 11) is 0. The monoisotopic (exact) mass is 660 g/mol. The summed E-state index contributed by atoms with van der Waals surface area (Å²) in [6.45, 7) is 17.3. The Morgan fingerprint density at radius 1 is 0.833 bits per heavy atom. The average Bonchev–Trinajstić information content (AvgIpc) is 3.48. The number of aliphatic carboxylic acids is 1. The third-order valence-corrected chi connectivity index (χ3v) is 15.6. The maximum atomic E-state index is 14.1.